The number of ketones is 1. The first-order valence-electron chi connectivity index (χ1n) is 9.91. The maximum atomic E-state index is 13.0. The molecule has 1 aliphatic heterocycles. The molecule has 3 heterocycles. The summed E-state index contributed by atoms with van der Waals surface area (Å²) < 4.78 is 9.57. The van der Waals surface area contributed by atoms with Gasteiger partial charge in [-0.25, -0.2) is 0 Å². The van der Waals surface area contributed by atoms with Crippen LogP contribution in [-0.4, -0.2) is 33.5 Å². The highest BCUT2D eigenvalue weighted by atomic mass is 35.5. The van der Waals surface area contributed by atoms with E-state index in [2.05, 4.69) is 27.6 Å². The average Bonchev–Trinajstić information content (AvgIpc) is 3.35. The molecule has 0 bridgehead atoms. The molecule has 0 saturated carbocycles. The predicted molar refractivity (Wildman–Crippen MR) is 124 cm³/mol. The van der Waals surface area contributed by atoms with Crippen LogP contribution in [0.2, 0.25) is 5.02 Å². The van der Waals surface area contributed by atoms with Crippen molar-refractivity contribution >= 4 is 45.4 Å². The topological polar surface area (TPSA) is 75.2 Å². The number of nitrogens with zero attached hydrogens (tertiary/aromatic N) is 1. The van der Waals surface area contributed by atoms with Gasteiger partial charge in [0.05, 0.1) is 39.9 Å². The quantitative estimate of drug-likeness (QED) is 0.374. The molecule has 7 heteroatoms. The van der Waals surface area contributed by atoms with E-state index in [1.807, 2.05) is 25.1 Å². The number of fused-ring (bicyclic) bond motifs is 1. The monoisotopic (exact) mass is 450 g/mol. The summed E-state index contributed by atoms with van der Waals surface area (Å²) in [5.74, 6) is -0.425. The molecule has 0 saturated heterocycles. The van der Waals surface area contributed by atoms with Crippen molar-refractivity contribution in [2.45, 2.75) is 13.3 Å². The van der Waals surface area contributed by atoms with Gasteiger partial charge in [-0.1, -0.05) is 41.9 Å². The summed E-state index contributed by atoms with van der Waals surface area (Å²) in [4.78, 5) is 16.4. The first-order chi connectivity index (χ1) is 15.0. The molecule has 5 nitrogen and oxygen atoms in total. The molecular weight excluding hydrogens is 432 g/mol. The van der Waals surface area contributed by atoms with Crippen molar-refractivity contribution in [1.29, 1.82) is 0 Å². The number of aromatic nitrogens is 2. The number of hydrogen-bond donors (Lipinski definition) is 2. The van der Waals surface area contributed by atoms with Gasteiger partial charge in [0.15, 0.2) is 0 Å². The first kappa shape index (κ1) is 20.0. The number of carbonyl (C=O) groups excluding carboxylic acids is 1. The number of nitrogens with one attached hydrogen (secondary N) is 1. The van der Waals surface area contributed by atoms with Gasteiger partial charge in [-0.15, -0.1) is 0 Å². The van der Waals surface area contributed by atoms with Gasteiger partial charge in [0.2, 0.25) is 11.7 Å². The van der Waals surface area contributed by atoms with Gasteiger partial charge in [0, 0.05) is 10.9 Å². The second-order valence-corrected chi connectivity index (χ2v) is 8.73. The second-order valence-electron chi connectivity index (χ2n) is 7.52. The van der Waals surface area contributed by atoms with Crippen LogP contribution in [0, 0.1) is 6.92 Å². The van der Waals surface area contributed by atoms with E-state index in [4.69, 9.17) is 16.3 Å². The molecule has 2 N–H and O–H groups in total. The van der Waals surface area contributed by atoms with Crippen molar-refractivity contribution in [2.75, 3.05) is 13.2 Å². The molecule has 31 heavy (non-hydrogen) atoms. The highest BCUT2D eigenvalue weighted by Crippen LogP contribution is 2.38. The Bertz CT molecular complexity index is 1340. The van der Waals surface area contributed by atoms with Crippen LogP contribution in [0.25, 0.3) is 27.6 Å². The van der Waals surface area contributed by atoms with Crippen LogP contribution in [0.15, 0.2) is 48.5 Å². The van der Waals surface area contributed by atoms with Crippen LogP contribution >= 0.6 is 23.1 Å². The zero-order valence-corrected chi connectivity index (χ0v) is 18.3. The summed E-state index contributed by atoms with van der Waals surface area (Å²) in [6, 6.07) is 13.5. The van der Waals surface area contributed by atoms with E-state index in [0.717, 1.165) is 41.4 Å². The number of aromatic amines is 1. The van der Waals surface area contributed by atoms with Crippen LogP contribution in [0.5, 0.6) is 5.88 Å². The molecule has 0 atom stereocenters. The van der Waals surface area contributed by atoms with E-state index in [9.17, 15) is 9.90 Å². The fourth-order valence-corrected chi connectivity index (χ4v) is 4.88. The lowest BCUT2D eigenvalue weighted by Gasteiger charge is -2.14. The van der Waals surface area contributed by atoms with E-state index in [0.29, 0.717) is 27.4 Å². The smallest absolute Gasteiger partial charge is 0.210 e. The molecule has 4 aromatic rings. The van der Waals surface area contributed by atoms with Gasteiger partial charge in [-0.05, 0) is 59.8 Å². The highest BCUT2D eigenvalue weighted by molar-refractivity contribution is 7.08. The molecule has 0 unspecified atom stereocenters. The minimum Gasteiger partial charge on any atom is -0.494 e. The lowest BCUT2D eigenvalue weighted by atomic mass is 9.96. The molecule has 0 aliphatic carbocycles. The molecule has 0 radical (unpaired) electrons. The lowest BCUT2D eigenvalue weighted by Crippen LogP contribution is -2.03. The fourth-order valence-electron chi connectivity index (χ4n) is 3.90. The van der Waals surface area contributed by atoms with Crippen molar-refractivity contribution in [3.8, 4) is 17.0 Å². The molecule has 156 valence electrons. The van der Waals surface area contributed by atoms with Crippen molar-refractivity contribution in [2.24, 2.45) is 0 Å². The average molecular weight is 451 g/mol. The normalized spacial score (nSPS) is 14.1. The third-order valence-electron chi connectivity index (χ3n) is 5.48. The van der Waals surface area contributed by atoms with E-state index in [1.54, 1.807) is 12.1 Å². The Kier molecular flexibility index (Phi) is 5.14. The summed E-state index contributed by atoms with van der Waals surface area (Å²) in [5, 5.41) is 11.6. The molecular formula is C24H19ClN2O3S. The van der Waals surface area contributed by atoms with E-state index in [1.165, 1.54) is 11.1 Å². The maximum Gasteiger partial charge on any atom is 0.210 e. The number of halogens is 1. The molecule has 0 amide bonds. The lowest BCUT2D eigenvalue weighted by molar-refractivity contribution is 0.104. The molecule has 0 fully saturated rings. The molecule has 2 aromatic carbocycles. The van der Waals surface area contributed by atoms with Crippen molar-refractivity contribution in [1.82, 2.24) is 9.36 Å². The van der Waals surface area contributed by atoms with Crippen molar-refractivity contribution < 1.29 is 14.6 Å². The first-order valence-corrected chi connectivity index (χ1v) is 11.1. The summed E-state index contributed by atoms with van der Waals surface area (Å²) >= 11 is 7.69. The minimum atomic E-state index is -0.260. The summed E-state index contributed by atoms with van der Waals surface area (Å²) in [6.07, 6.45) is 3.01. The van der Waals surface area contributed by atoms with E-state index >= 15 is 0 Å². The summed E-state index contributed by atoms with van der Waals surface area (Å²) in [5.41, 5.74) is 5.81. The number of aromatic hydroxyl groups is 1. The number of benzene rings is 2. The number of ether oxygens (including phenoxy) is 1. The molecule has 2 aromatic heterocycles. The van der Waals surface area contributed by atoms with Crippen molar-refractivity contribution in [3.05, 3.63) is 75.3 Å². The predicted octanol–water partition coefficient (Wildman–Crippen LogP) is 5.99. The largest absolute Gasteiger partial charge is 0.494 e. The highest BCUT2D eigenvalue weighted by Gasteiger charge is 2.23. The van der Waals surface area contributed by atoms with Crippen LogP contribution in [0.4, 0.5) is 0 Å². The molecule has 1 aliphatic rings. The van der Waals surface area contributed by atoms with Crippen LogP contribution in [0.1, 0.15) is 32.9 Å². The Morgan fingerprint density at radius 2 is 1.97 bits per heavy atom. The van der Waals surface area contributed by atoms with Crippen LogP contribution in [-0.2, 0) is 4.74 Å². The van der Waals surface area contributed by atoms with Gasteiger partial charge >= 0.3 is 0 Å². The summed E-state index contributed by atoms with van der Waals surface area (Å²) in [7, 11) is 0. The number of aryl methyl sites for hydroxylation is 1. The minimum absolute atomic E-state index is 0.166. The Morgan fingerprint density at radius 1 is 1.19 bits per heavy atom. The second kappa shape index (κ2) is 7.96. The van der Waals surface area contributed by atoms with Gasteiger partial charge in [0.25, 0.3) is 0 Å². The van der Waals surface area contributed by atoms with Crippen LogP contribution < -0.4 is 0 Å². The zero-order valence-electron chi connectivity index (χ0n) is 16.7. The molecule has 0 spiro atoms. The third-order valence-corrected chi connectivity index (χ3v) is 6.67. The number of hydrogen-bond acceptors (Lipinski definition) is 5. The van der Waals surface area contributed by atoms with Gasteiger partial charge in [-0.3, -0.25) is 4.79 Å². The maximum absolute atomic E-state index is 13.0. The zero-order chi connectivity index (χ0) is 21.5. The van der Waals surface area contributed by atoms with Gasteiger partial charge < -0.3 is 14.8 Å². The number of H-pyrrole nitrogens is 1. The van der Waals surface area contributed by atoms with Crippen molar-refractivity contribution in [3.63, 3.8) is 0 Å². The van der Waals surface area contributed by atoms with Gasteiger partial charge in [0.1, 0.15) is 0 Å². The van der Waals surface area contributed by atoms with E-state index in [-0.39, 0.29) is 17.2 Å². The van der Waals surface area contributed by atoms with Crippen LogP contribution in [0.3, 0.4) is 0 Å². The Hall–Kier alpha value is -2.93. The number of carbonyl (C=O) groups is 1. The molecule has 5 rings (SSSR count). The fraction of sp³-hybridized carbons (Fsp3) is 0.167. The SMILES string of the molecule is Cc1cc(C(=O)c2c(O)[nH]c3cc(Cl)c(-c4ccc(C5=CCOCC5)cc4)cc23)sn1. The van der Waals surface area contributed by atoms with E-state index < -0.39 is 0 Å². The number of rotatable bonds is 4. The summed E-state index contributed by atoms with van der Waals surface area (Å²) in [6.45, 7) is 3.22. The van der Waals surface area contributed by atoms with Gasteiger partial charge in [-0.2, -0.15) is 4.37 Å². The third kappa shape index (κ3) is 3.67. The standard InChI is InChI=1S/C24H19ClN2O3S/c1-13-10-21(31-27-13)23(28)22-18-11-17(19(25)12-20(18)26-24(22)29)16-4-2-14(3-5-16)15-6-8-30-9-7-15/h2-6,10-12,26,29H,7-9H2,1H3. The Morgan fingerprint density at radius 3 is 2.65 bits per heavy atom. The Balaban J connectivity index is 1.57. The Labute approximate surface area is 188 Å².